The zero-order valence-electron chi connectivity index (χ0n) is 10.2. The predicted molar refractivity (Wildman–Crippen MR) is 60.0 cm³/mol. The van der Waals surface area contributed by atoms with Gasteiger partial charge in [-0.15, -0.1) is 12.1 Å². The smallest absolute Gasteiger partial charge is 1.00 e. The summed E-state index contributed by atoms with van der Waals surface area (Å²) in [5.41, 5.74) is 2.15. The third kappa shape index (κ3) is 4.36. The molecule has 0 aromatic heterocycles. The molecule has 1 aliphatic rings. The molecule has 0 atom stereocenters. The molecule has 0 bridgehead atoms. The first-order chi connectivity index (χ1) is 7.35. The second kappa shape index (κ2) is 9.51. The van der Waals surface area contributed by atoms with Crippen LogP contribution >= 0.6 is 0 Å². The molecule has 0 amide bonds. The van der Waals surface area contributed by atoms with Crippen LogP contribution < -0.4 is 34.3 Å². The average molecular weight is 320 g/mol. The van der Waals surface area contributed by atoms with Gasteiger partial charge in [-0.25, -0.2) is 0 Å². The summed E-state index contributed by atoms with van der Waals surface area (Å²) in [6.07, 6.45) is 8.29. The molecule has 0 saturated carbocycles. The van der Waals surface area contributed by atoms with Crippen molar-refractivity contribution in [2.24, 2.45) is 0 Å². The molecule has 5 heteroatoms. The number of hydrogen-bond donors (Lipinski definition) is 0. The van der Waals surface area contributed by atoms with E-state index in [0.29, 0.717) is 0 Å². The van der Waals surface area contributed by atoms with E-state index in [0.717, 1.165) is 29.1 Å². The van der Waals surface area contributed by atoms with Gasteiger partial charge in [0.05, 0.1) is 20.0 Å². The molecule has 2 nitrogen and oxygen atoms in total. The van der Waals surface area contributed by atoms with E-state index in [-0.39, 0.29) is 46.5 Å². The SMILES string of the molecule is COc1ccc(C2=[C-]CC=C2)c(OC)c1.[Cl-].[Cl-].[Ti+3]. The third-order valence-electron chi connectivity index (χ3n) is 2.39. The summed E-state index contributed by atoms with van der Waals surface area (Å²) in [6, 6.07) is 5.81. The Morgan fingerprint density at radius 2 is 1.83 bits per heavy atom. The first kappa shape index (κ1) is 19.9. The molecule has 0 fully saturated rings. The van der Waals surface area contributed by atoms with Crippen LogP contribution in [-0.4, -0.2) is 14.2 Å². The molecule has 95 valence electrons. The molecule has 1 aromatic carbocycles. The maximum Gasteiger partial charge on any atom is 3.00 e. The third-order valence-corrected chi connectivity index (χ3v) is 2.39. The zero-order valence-corrected chi connectivity index (χ0v) is 13.2. The first-order valence-corrected chi connectivity index (χ1v) is 4.85. The van der Waals surface area contributed by atoms with E-state index in [2.05, 4.69) is 18.2 Å². The van der Waals surface area contributed by atoms with Crippen molar-refractivity contribution in [1.29, 1.82) is 0 Å². The van der Waals surface area contributed by atoms with E-state index >= 15 is 0 Å². The number of hydrogen-bond acceptors (Lipinski definition) is 2. The molecule has 0 aliphatic heterocycles. The van der Waals surface area contributed by atoms with Gasteiger partial charge in [0, 0.05) is 6.07 Å². The van der Waals surface area contributed by atoms with Crippen molar-refractivity contribution in [2.45, 2.75) is 6.42 Å². The fourth-order valence-corrected chi connectivity index (χ4v) is 1.61. The number of halogens is 2. The van der Waals surface area contributed by atoms with Gasteiger partial charge in [0.25, 0.3) is 0 Å². The van der Waals surface area contributed by atoms with Gasteiger partial charge in [0.15, 0.2) is 0 Å². The Morgan fingerprint density at radius 1 is 1.11 bits per heavy atom. The van der Waals surface area contributed by atoms with Crippen LogP contribution in [0.3, 0.4) is 0 Å². The van der Waals surface area contributed by atoms with Gasteiger partial charge in [-0.1, -0.05) is 12.0 Å². The monoisotopic (exact) mass is 319 g/mol. The van der Waals surface area contributed by atoms with E-state index in [9.17, 15) is 0 Å². The fourth-order valence-electron chi connectivity index (χ4n) is 1.61. The Labute approximate surface area is 135 Å². The maximum atomic E-state index is 5.33. The summed E-state index contributed by atoms with van der Waals surface area (Å²) in [6.45, 7) is 0. The van der Waals surface area contributed by atoms with E-state index in [1.165, 1.54) is 0 Å². The van der Waals surface area contributed by atoms with Gasteiger partial charge in [-0.3, -0.25) is 0 Å². The van der Waals surface area contributed by atoms with Crippen LogP contribution in [0.4, 0.5) is 0 Å². The Hall–Kier alpha value is -0.406. The molecular formula is C13H13Cl2O2Ti. The molecule has 1 aliphatic carbocycles. The van der Waals surface area contributed by atoms with Crippen molar-refractivity contribution < 1.29 is 56.0 Å². The molecule has 18 heavy (non-hydrogen) atoms. The van der Waals surface area contributed by atoms with E-state index in [4.69, 9.17) is 9.47 Å². The molecule has 0 spiro atoms. The number of allylic oxidation sites excluding steroid dienone is 4. The van der Waals surface area contributed by atoms with Gasteiger partial charge in [-0.2, -0.15) is 17.7 Å². The Kier molecular flexibility index (Phi) is 10.5. The molecule has 1 radical (unpaired) electrons. The summed E-state index contributed by atoms with van der Waals surface area (Å²) in [7, 11) is 3.31. The van der Waals surface area contributed by atoms with E-state index in [1.807, 2.05) is 18.2 Å². The Balaban J connectivity index is 0. The average Bonchev–Trinajstić information content (AvgIpc) is 2.81. The maximum absolute atomic E-state index is 5.33. The van der Waals surface area contributed by atoms with Crippen molar-refractivity contribution in [1.82, 2.24) is 0 Å². The van der Waals surface area contributed by atoms with Gasteiger partial charge in [0.1, 0.15) is 5.75 Å². The number of rotatable bonds is 3. The quantitative estimate of drug-likeness (QED) is 0.433. The normalized spacial score (nSPS) is 11.6. The van der Waals surface area contributed by atoms with Crippen LogP contribution in [0.15, 0.2) is 30.4 Å². The van der Waals surface area contributed by atoms with Crippen molar-refractivity contribution in [3.8, 4) is 11.5 Å². The van der Waals surface area contributed by atoms with Gasteiger partial charge in [-0.05, 0) is 6.07 Å². The minimum Gasteiger partial charge on any atom is -1.00 e. The predicted octanol–water partition coefficient (Wildman–Crippen LogP) is -3.14. The summed E-state index contributed by atoms with van der Waals surface area (Å²) >= 11 is 0. The largest absolute Gasteiger partial charge is 3.00 e. The Morgan fingerprint density at radius 3 is 2.33 bits per heavy atom. The van der Waals surface area contributed by atoms with Crippen LogP contribution in [0.5, 0.6) is 11.5 Å². The van der Waals surface area contributed by atoms with Crippen LogP contribution in [0.1, 0.15) is 12.0 Å². The van der Waals surface area contributed by atoms with Crippen molar-refractivity contribution in [3.63, 3.8) is 0 Å². The standard InChI is InChI=1S/C13H13O2.2ClH.Ti/c1-14-11-7-8-12(13(9-11)15-2)10-5-3-4-6-10;;;/h3,5,7-9H,4H2,1-2H3;2*1H;/q-1;;;+3/p-2. The second-order valence-electron chi connectivity index (χ2n) is 3.26. The molecule has 0 heterocycles. The topological polar surface area (TPSA) is 18.5 Å². The summed E-state index contributed by atoms with van der Waals surface area (Å²) in [5.74, 6) is 1.63. The molecule has 0 saturated heterocycles. The first-order valence-electron chi connectivity index (χ1n) is 4.85. The number of ether oxygens (including phenoxy) is 2. The minimum atomic E-state index is 0. The molecule has 0 N–H and O–H groups in total. The summed E-state index contributed by atoms with van der Waals surface area (Å²) in [4.78, 5) is 0. The van der Waals surface area contributed by atoms with Gasteiger partial charge >= 0.3 is 21.7 Å². The Bertz CT molecular complexity index is 431. The molecular weight excluding hydrogens is 307 g/mol. The summed E-state index contributed by atoms with van der Waals surface area (Å²) < 4.78 is 10.5. The van der Waals surface area contributed by atoms with Crippen molar-refractivity contribution >= 4 is 5.57 Å². The van der Waals surface area contributed by atoms with Crippen LogP contribution in [0.25, 0.3) is 5.57 Å². The molecule has 2 rings (SSSR count). The van der Waals surface area contributed by atoms with Crippen LogP contribution in [0, 0.1) is 6.08 Å². The van der Waals surface area contributed by atoms with Gasteiger partial charge < -0.3 is 34.3 Å². The van der Waals surface area contributed by atoms with Crippen LogP contribution in [0.2, 0.25) is 0 Å². The zero-order chi connectivity index (χ0) is 10.7. The summed E-state index contributed by atoms with van der Waals surface area (Å²) in [5, 5.41) is 0. The molecule has 1 aromatic rings. The van der Waals surface area contributed by atoms with Crippen molar-refractivity contribution in [2.75, 3.05) is 14.2 Å². The van der Waals surface area contributed by atoms with Gasteiger partial charge in [0.2, 0.25) is 0 Å². The number of methoxy groups -OCH3 is 2. The van der Waals surface area contributed by atoms with Crippen LogP contribution in [-0.2, 0) is 21.7 Å². The molecule has 0 unspecified atom stereocenters. The van der Waals surface area contributed by atoms with E-state index < -0.39 is 0 Å². The van der Waals surface area contributed by atoms with Crippen molar-refractivity contribution in [3.05, 3.63) is 42.0 Å². The van der Waals surface area contributed by atoms with E-state index in [1.54, 1.807) is 14.2 Å². The number of benzene rings is 1. The fraction of sp³-hybridized carbons (Fsp3) is 0.231. The second-order valence-corrected chi connectivity index (χ2v) is 3.26. The minimum absolute atomic E-state index is 0.